The third kappa shape index (κ3) is 2.96. The van der Waals surface area contributed by atoms with Gasteiger partial charge < -0.3 is 0 Å². The van der Waals surface area contributed by atoms with Crippen molar-refractivity contribution in [1.82, 2.24) is 15.0 Å². The molecule has 4 heteroatoms. The van der Waals surface area contributed by atoms with Gasteiger partial charge in [-0.2, -0.15) is 0 Å². The van der Waals surface area contributed by atoms with Crippen molar-refractivity contribution in [3.8, 4) is 22.5 Å². The van der Waals surface area contributed by atoms with Crippen molar-refractivity contribution in [3.05, 3.63) is 89.0 Å². The van der Waals surface area contributed by atoms with Gasteiger partial charge in [0.15, 0.2) is 0 Å². The summed E-state index contributed by atoms with van der Waals surface area (Å²) in [5, 5.41) is 1.11. The highest BCUT2D eigenvalue weighted by Crippen LogP contribution is 2.34. The summed E-state index contributed by atoms with van der Waals surface area (Å²) in [6, 6.07) is 26.6. The van der Waals surface area contributed by atoms with E-state index < -0.39 is 0 Å². The van der Waals surface area contributed by atoms with Crippen molar-refractivity contribution in [2.75, 3.05) is 0 Å². The van der Waals surface area contributed by atoms with Gasteiger partial charge in [0.1, 0.15) is 5.69 Å². The SMILES string of the molecule is Cc1nc2ccccc2nc1-c1cc(-c2ccccc2)c2cc(Br)ccc2n1. The van der Waals surface area contributed by atoms with Crippen molar-refractivity contribution in [1.29, 1.82) is 0 Å². The monoisotopic (exact) mass is 425 g/mol. The van der Waals surface area contributed by atoms with Gasteiger partial charge in [0.25, 0.3) is 0 Å². The van der Waals surface area contributed by atoms with Gasteiger partial charge in [-0.3, -0.25) is 0 Å². The number of aromatic nitrogens is 3. The smallest absolute Gasteiger partial charge is 0.111 e. The largest absolute Gasteiger partial charge is 0.249 e. The number of hydrogen-bond donors (Lipinski definition) is 0. The van der Waals surface area contributed by atoms with Crippen LogP contribution in [0.5, 0.6) is 0 Å². The van der Waals surface area contributed by atoms with E-state index in [1.165, 1.54) is 0 Å². The summed E-state index contributed by atoms with van der Waals surface area (Å²) in [6.07, 6.45) is 0. The van der Waals surface area contributed by atoms with Crippen LogP contribution in [0.4, 0.5) is 0 Å². The van der Waals surface area contributed by atoms with E-state index in [0.29, 0.717) is 0 Å². The lowest BCUT2D eigenvalue weighted by Crippen LogP contribution is -1.97. The lowest BCUT2D eigenvalue weighted by Gasteiger charge is -2.12. The maximum absolute atomic E-state index is 4.92. The Kier molecular flexibility index (Phi) is 4.14. The first-order valence-electron chi connectivity index (χ1n) is 9.08. The first-order chi connectivity index (χ1) is 13.7. The molecule has 0 spiro atoms. The van der Waals surface area contributed by atoms with Gasteiger partial charge in [0.2, 0.25) is 0 Å². The summed E-state index contributed by atoms with van der Waals surface area (Å²) in [5.74, 6) is 0. The molecule has 28 heavy (non-hydrogen) atoms. The number of fused-ring (bicyclic) bond motifs is 2. The molecule has 2 heterocycles. The Hall–Kier alpha value is -3.11. The standard InChI is InChI=1S/C24H16BrN3/c1-15-24(28-22-10-6-5-9-21(22)26-15)23-14-18(16-7-3-2-4-8-16)19-13-17(25)11-12-20(19)27-23/h2-14H,1H3. The quantitative estimate of drug-likeness (QED) is 0.320. The van der Waals surface area contributed by atoms with E-state index in [9.17, 15) is 0 Å². The van der Waals surface area contributed by atoms with E-state index in [2.05, 4.69) is 52.3 Å². The predicted molar refractivity (Wildman–Crippen MR) is 118 cm³/mol. The highest BCUT2D eigenvalue weighted by atomic mass is 79.9. The van der Waals surface area contributed by atoms with Gasteiger partial charge >= 0.3 is 0 Å². The molecule has 5 aromatic rings. The van der Waals surface area contributed by atoms with Crippen molar-refractivity contribution in [3.63, 3.8) is 0 Å². The van der Waals surface area contributed by atoms with Crippen LogP contribution in [0.2, 0.25) is 0 Å². The lowest BCUT2D eigenvalue weighted by molar-refractivity contribution is 1.17. The fourth-order valence-electron chi connectivity index (χ4n) is 3.51. The van der Waals surface area contributed by atoms with Crippen LogP contribution in [0, 0.1) is 6.92 Å². The fraction of sp³-hybridized carbons (Fsp3) is 0.0417. The molecule has 0 amide bonds. The van der Waals surface area contributed by atoms with Crippen LogP contribution in [0.1, 0.15) is 5.69 Å². The molecule has 2 aromatic heterocycles. The molecule has 3 nitrogen and oxygen atoms in total. The molecule has 0 saturated carbocycles. The van der Waals surface area contributed by atoms with Crippen LogP contribution in [-0.4, -0.2) is 15.0 Å². The van der Waals surface area contributed by atoms with Gasteiger partial charge in [-0.05, 0) is 54.4 Å². The van der Waals surface area contributed by atoms with Crippen LogP contribution in [0.25, 0.3) is 44.5 Å². The molecule has 0 unspecified atom stereocenters. The number of hydrogen-bond acceptors (Lipinski definition) is 3. The second-order valence-electron chi connectivity index (χ2n) is 6.73. The zero-order valence-electron chi connectivity index (χ0n) is 15.2. The van der Waals surface area contributed by atoms with Crippen LogP contribution in [0.15, 0.2) is 83.3 Å². The average Bonchev–Trinajstić information content (AvgIpc) is 2.73. The lowest BCUT2D eigenvalue weighted by atomic mass is 9.99. The highest BCUT2D eigenvalue weighted by Gasteiger charge is 2.14. The molecule has 3 aromatic carbocycles. The summed E-state index contributed by atoms with van der Waals surface area (Å²) >= 11 is 3.59. The summed E-state index contributed by atoms with van der Waals surface area (Å²) in [7, 11) is 0. The Balaban J connectivity index is 1.82. The fourth-order valence-corrected chi connectivity index (χ4v) is 3.87. The van der Waals surface area contributed by atoms with Gasteiger partial charge in [0, 0.05) is 9.86 Å². The first kappa shape index (κ1) is 17.0. The maximum Gasteiger partial charge on any atom is 0.111 e. The highest BCUT2D eigenvalue weighted by molar-refractivity contribution is 9.10. The number of para-hydroxylation sites is 2. The zero-order valence-corrected chi connectivity index (χ0v) is 16.8. The Morgan fingerprint density at radius 3 is 2.18 bits per heavy atom. The Morgan fingerprint density at radius 2 is 1.39 bits per heavy atom. The molecule has 0 aliphatic carbocycles. The van der Waals surface area contributed by atoms with Crippen molar-refractivity contribution in [2.45, 2.75) is 6.92 Å². The molecule has 0 saturated heterocycles. The predicted octanol–water partition coefficient (Wildman–Crippen LogP) is 6.58. The number of benzene rings is 3. The second-order valence-corrected chi connectivity index (χ2v) is 7.64. The molecule has 0 atom stereocenters. The van der Waals surface area contributed by atoms with Crippen LogP contribution < -0.4 is 0 Å². The summed E-state index contributed by atoms with van der Waals surface area (Å²) in [6.45, 7) is 1.99. The van der Waals surface area contributed by atoms with Gasteiger partial charge in [0.05, 0.1) is 27.9 Å². The van der Waals surface area contributed by atoms with E-state index in [1.807, 2.05) is 49.4 Å². The van der Waals surface area contributed by atoms with E-state index in [0.717, 1.165) is 54.6 Å². The molecule has 0 bridgehead atoms. The van der Waals surface area contributed by atoms with Crippen LogP contribution >= 0.6 is 15.9 Å². The molecule has 0 N–H and O–H groups in total. The van der Waals surface area contributed by atoms with Gasteiger partial charge in [-0.25, -0.2) is 15.0 Å². The number of halogens is 1. The Bertz CT molecular complexity index is 1330. The summed E-state index contributed by atoms with van der Waals surface area (Å²) in [5.41, 5.74) is 7.54. The topological polar surface area (TPSA) is 38.7 Å². The number of rotatable bonds is 2. The van der Waals surface area contributed by atoms with E-state index in [1.54, 1.807) is 0 Å². The number of nitrogens with zero attached hydrogens (tertiary/aromatic N) is 3. The van der Waals surface area contributed by atoms with E-state index in [4.69, 9.17) is 15.0 Å². The summed E-state index contributed by atoms with van der Waals surface area (Å²) in [4.78, 5) is 14.5. The molecule has 0 radical (unpaired) electrons. The van der Waals surface area contributed by atoms with E-state index >= 15 is 0 Å². The van der Waals surface area contributed by atoms with Crippen LogP contribution in [0.3, 0.4) is 0 Å². The van der Waals surface area contributed by atoms with Crippen molar-refractivity contribution < 1.29 is 0 Å². The second kappa shape index (κ2) is 6.80. The average molecular weight is 426 g/mol. The number of pyridine rings is 1. The first-order valence-corrected chi connectivity index (χ1v) is 9.88. The third-order valence-electron chi connectivity index (χ3n) is 4.84. The minimum atomic E-state index is 0.820. The molecule has 5 rings (SSSR count). The minimum Gasteiger partial charge on any atom is -0.249 e. The normalized spacial score (nSPS) is 11.2. The zero-order chi connectivity index (χ0) is 19.1. The molecule has 0 fully saturated rings. The molecule has 0 aliphatic heterocycles. The minimum absolute atomic E-state index is 0.820. The Labute approximate surface area is 171 Å². The third-order valence-corrected chi connectivity index (χ3v) is 5.34. The van der Waals surface area contributed by atoms with E-state index in [-0.39, 0.29) is 0 Å². The van der Waals surface area contributed by atoms with Crippen LogP contribution in [-0.2, 0) is 0 Å². The number of aryl methyl sites for hydroxylation is 1. The molecule has 0 aliphatic rings. The van der Waals surface area contributed by atoms with Gasteiger partial charge in [-0.15, -0.1) is 0 Å². The van der Waals surface area contributed by atoms with Crippen molar-refractivity contribution in [2.24, 2.45) is 0 Å². The summed E-state index contributed by atoms with van der Waals surface area (Å²) < 4.78 is 1.04. The molecular weight excluding hydrogens is 410 g/mol. The van der Waals surface area contributed by atoms with Gasteiger partial charge in [-0.1, -0.05) is 58.4 Å². The molecule has 134 valence electrons. The Morgan fingerprint density at radius 1 is 0.679 bits per heavy atom. The van der Waals surface area contributed by atoms with Crippen molar-refractivity contribution >= 4 is 37.9 Å². The molecular formula is C24H16BrN3. The maximum atomic E-state index is 4.92.